The molecule has 0 aromatic heterocycles. The van der Waals surface area contributed by atoms with Crippen LogP contribution in [0.25, 0.3) is 0 Å². The highest BCUT2D eigenvalue weighted by atomic mass is 127. The molecule has 2 aromatic rings. The van der Waals surface area contributed by atoms with Gasteiger partial charge in [0.25, 0.3) is 0 Å². The van der Waals surface area contributed by atoms with Crippen molar-refractivity contribution in [2.24, 2.45) is 0 Å². The predicted molar refractivity (Wildman–Crippen MR) is 79.1 cm³/mol. The summed E-state index contributed by atoms with van der Waals surface area (Å²) in [5.74, 6) is 1.62. The van der Waals surface area contributed by atoms with Crippen LogP contribution < -0.4 is 14.8 Å². The molecule has 0 saturated heterocycles. The Bertz CT molecular complexity index is 554. The highest BCUT2D eigenvalue weighted by Crippen LogP contribution is 2.34. The monoisotopic (exact) mass is 353 g/mol. The van der Waals surface area contributed by atoms with E-state index >= 15 is 0 Å². The van der Waals surface area contributed by atoms with Crippen molar-refractivity contribution in [2.45, 2.75) is 6.54 Å². The molecule has 1 N–H and O–H groups in total. The molecule has 92 valence electrons. The maximum Gasteiger partial charge on any atom is 0.231 e. The predicted octanol–water partition coefficient (Wildman–Crippen LogP) is 3.63. The number of nitrogens with one attached hydrogen (secondary N) is 1. The molecule has 4 heteroatoms. The molecule has 0 fully saturated rings. The van der Waals surface area contributed by atoms with Crippen LogP contribution in [0.4, 0.5) is 5.69 Å². The highest BCUT2D eigenvalue weighted by Gasteiger charge is 2.12. The zero-order chi connectivity index (χ0) is 12.4. The van der Waals surface area contributed by atoms with Crippen molar-refractivity contribution in [1.82, 2.24) is 0 Å². The molecular weight excluding hydrogens is 341 g/mol. The molecule has 1 aliphatic rings. The van der Waals surface area contributed by atoms with Crippen LogP contribution in [0.2, 0.25) is 0 Å². The first-order valence-electron chi connectivity index (χ1n) is 5.69. The molecule has 18 heavy (non-hydrogen) atoms. The van der Waals surface area contributed by atoms with Crippen LogP contribution in [-0.2, 0) is 6.54 Å². The van der Waals surface area contributed by atoms with Crippen LogP contribution in [0, 0.1) is 3.57 Å². The standard InChI is InChI=1S/C14H12INO2/c15-11-3-1-10(2-4-11)8-16-12-5-6-13-14(7-12)18-9-17-13/h1-7,16H,8-9H2. The lowest BCUT2D eigenvalue weighted by Gasteiger charge is -2.07. The van der Waals surface area contributed by atoms with Gasteiger partial charge in [0.15, 0.2) is 11.5 Å². The summed E-state index contributed by atoms with van der Waals surface area (Å²) in [6, 6.07) is 14.4. The quantitative estimate of drug-likeness (QED) is 0.855. The van der Waals surface area contributed by atoms with E-state index in [1.807, 2.05) is 18.2 Å². The summed E-state index contributed by atoms with van der Waals surface area (Å²) in [4.78, 5) is 0. The van der Waals surface area contributed by atoms with Gasteiger partial charge in [0.2, 0.25) is 6.79 Å². The first-order chi connectivity index (χ1) is 8.81. The largest absolute Gasteiger partial charge is 0.454 e. The molecule has 0 saturated carbocycles. The molecule has 3 rings (SSSR count). The minimum absolute atomic E-state index is 0.315. The van der Waals surface area contributed by atoms with Crippen molar-refractivity contribution in [2.75, 3.05) is 12.1 Å². The Labute approximate surface area is 119 Å². The summed E-state index contributed by atoms with van der Waals surface area (Å²) >= 11 is 2.31. The van der Waals surface area contributed by atoms with E-state index in [0.717, 1.165) is 23.7 Å². The normalized spacial score (nSPS) is 12.5. The van der Waals surface area contributed by atoms with Crippen molar-refractivity contribution in [3.63, 3.8) is 0 Å². The van der Waals surface area contributed by atoms with E-state index in [9.17, 15) is 0 Å². The van der Waals surface area contributed by atoms with Gasteiger partial charge in [-0.1, -0.05) is 12.1 Å². The second kappa shape index (κ2) is 5.06. The Morgan fingerprint density at radius 1 is 1.00 bits per heavy atom. The van der Waals surface area contributed by atoms with Crippen molar-refractivity contribution < 1.29 is 9.47 Å². The minimum atomic E-state index is 0.315. The molecular formula is C14H12INO2. The van der Waals surface area contributed by atoms with Gasteiger partial charge in [-0.3, -0.25) is 0 Å². The third-order valence-corrected chi connectivity index (χ3v) is 3.50. The zero-order valence-electron chi connectivity index (χ0n) is 9.65. The lowest BCUT2D eigenvalue weighted by molar-refractivity contribution is 0.174. The number of anilines is 1. The molecule has 1 heterocycles. The number of fused-ring (bicyclic) bond motifs is 1. The maximum atomic E-state index is 5.34. The first-order valence-corrected chi connectivity index (χ1v) is 6.77. The molecule has 0 radical (unpaired) electrons. The summed E-state index contributed by atoms with van der Waals surface area (Å²) in [6.45, 7) is 1.12. The van der Waals surface area contributed by atoms with Crippen LogP contribution in [0.1, 0.15) is 5.56 Å². The SMILES string of the molecule is Ic1ccc(CNc2ccc3c(c2)OCO3)cc1. The Kier molecular flexibility index (Phi) is 3.27. The van der Waals surface area contributed by atoms with Gasteiger partial charge in [0, 0.05) is 21.9 Å². The van der Waals surface area contributed by atoms with E-state index in [4.69, 9.17) is 9.47 Å². The second-order valence-corrected chi connectivity index (χ2v) is 5.29. The lowest BCUT2D eigenvalue weighted by atomic mass is 10.2. The van der Waals surface area contributed by atoms with Crippen LogP contribution in [0.15, 0.2) is 42.5 Å². The lowest BCUT2D eigenvalue weighted by Crippen LogP contribution is -1.99. The average molecular weight is 353 g/mol. The topological polar surface area (TPSA) is 30.5 Å². The molecule has 3 nitrogen and oxygen atoms in total. The summed E-state index contributed by atoms with van der Waals surface area (Å²) in [7, 11) is 0. The highest BCUT2D eigenvalue weighted by molar-refractivity contribution is 14.1. The molecule has 0 aliphatic carbocycles. The van der Waals surface area contributed by atoms with E-state index in [-0.39, 0.29) is 0 Å². The van der Waals surface area contributed by atoms with Gasteiger partial charge in [-0.15, -0.1) is 0 Å². The van der Waals surface area contributed by atoms with Gasteiger partial charge in [0.05, 0.1) is 0 Å². The molecule has 0 amide bonds. The van der Waals surface area contributed by atoms with E-state index in [1.54, 1.807) is 0 Å². The van der Waals surface area contributed by atoms with Gasteiger partial charge in [-0.2, -0.15) is 0 Å². The molecule has 0 spiro atoms. The third kappa shape index (κ3) is 2.53. The number of benzene rings is 2. The summed E-state index contributed by atoms with van der Waals surface area (Å²) < 4.78 is 11.9. The smallest absolute Gasteiger partial charge is 0.231 e. The first kappa shape index (κ1) is 11.6. The van der Waals surface area contributed by atoms with Crippen LogP contribution in [0.5, 0.6) is 11.5 Å². The Hall–Kier alpha value is -1.43. The number of ether oxygens (including phenoxy) is 2. The van der Waals surface area contributed by atoms with E-state index in [2.05, 4.69) is 52.2 Å². The fourth-order valence-corrected chi connectivity index (χ4v) is 2.17. The molecule has 0 bridgehead atoms. The minimum Gasteiger partial charge on any atom is -0.454 e. The third-order valence-electron chi connectivity index (χ3n) is 2.78. The van der Waals surface area contributed by atoms with Gasteiger partial charge >= 0.3 is 0 Å². The summed E-state index contributed by atoms with van der Waals surface area (Å²) in [5, 5.41) is 3.37. The van der Waals surface area contributed by atoms with E-state index < -0.39 is 0 Å². The Morgan fingerprint density at radius 3 is 2.61 bits per heavy atom. The van der Waals surface area contributed by atoms with Crippen LogP contribution >= 0.6 is 22.6 Å². The van der Waals surface area contributed by atoms with Crippen LogP contribution in [-0.4, -0.2) is 6.79 Å². The molecule has 0 atom stereocenters. The van der Waals surface area contributed by atoms with Crippen molar-refractivity contribution >= 4 is 28.3 Å². The molecule has 1 aliphatic heterocycles. The van der Waals surface area contributed by atoms with Crippen molar-refractivity contribution in [1.29, 1.82) is 0 Å². The van der Waals surface area contributed by atoms with Crippen LogP contribution in [0.3, 0.4) is 0 Å². The van der Waals surface area contributed by atoms with Crippen molar-refractivity contribution in [3.8, 4) is 11.5 Å². The van der Waals surface area contributed by atoms with Gasteiger partial charge in [-0.25, -0.2) is 0 Å². The zero-order valence-corrected chi connectivity index (χ0v) is 11.8. The van der Waals surface area contributed by atoms with Gasteiger partial charge in [-0.05, 0) is 52.4 Å². The number of rotatable bonds is 3. The summed E-state index contributed by atoms with van der Waals surface area (Å²) in [5.41, 5.74) is 2.30. The molecule has 2 aromatic carbocycles. The fraction of sp³-hybridized carbons (Fsp3) is 0.143. The van der Waals surface area contributed by atoms with Crippen molar-refractivity contribution in [3.05, 3.63) is 51.6 Å². The molecule has 0 unspecified atom stereocenters. The van der Waals surface area contributed by atoms with E-state index in [0.29, 0.717) is 6.79 Å². The average Bonchev–Trinajstić information content (AvgIpc) is 2.85. The van der Waals surface area contributed by atoms with E-state index in [1.165, 1.54) is 9.13 Å². The summed E-state index contributed by atoms with van der Waals surface area (Å²) in [6.07, 6.45) is 0. The van der Waals surface area contributed by atoms with Gasteiger partial charge in [0.1, 0.15) is 0 Å². The fourth-order valence-electron chi connectivity index (χ4n) is 1.81. The number of hydrogen-bond donors (Lipinski definition) is 1. The number of hydrogen-bond acceptors (Lipinski definition) is 3. The maximum absolute atomic E-state index is 5.34. The van der Waals surface area contributed by atoms with Gasteiger partial charge < -0.3 is 14.8 Å². The Balaban J connectivity index is 1.68. The number of halogens is 1. The second-order valence-electron chi connectivity index (χ2n) is 4.05. The Morgan fingerprint density at radius 2 is 1.78 bits per heavy atom.